The Bertz CT molecular complexity index is 915. The van der Waals surface area contributed by atoms with Crippen molar-refractivity contribution in [1.82, 2.24) is 26.6 Å². The molecule has 0 unspecified atom stereocenters. The van der Waals surface area contributed by atoms with Gasteiger partial charge in [0.05, 0.1) is 13.0 Å². The van der Waals surface area contributed by atoms with Crippen LogP contribution in [0.5, 0.6) is 0 Å². The number of rotatable bonds is 6. The molecule has 2 aliphatic heterocycles. The Morgan fingerprint density at radius 2 is 1.49 bits per heavy atom. The van der Waals surface area contributed by atoms with E-state index in [9.17, 15) is 28.8 Å². The summed E-state index contributed by atoms with van der Waals surface area (Å²) in [6.45, 7) is -0.383. The van der Waals surface area contributed by atoms with Gasteiger partial charge in [-0.15, -0.1) is 0 Å². The van der Waals surface area contributed by atoms with Crippen LogP contribution in [0.15, 0.2) is 17.1 Å². The van der Waals surface area contributed by atoms with Crippen molar-refractivity contribution in [3.05, 3.63) is 12.2 Å². The molecule has 1 saturated heterocycles. The second-order valence-electron chi connectivity index (χ2n) is 8.01. The Labute approximate surface area is 200 Å². The fourth-order valence-electron chi connectivity index (χ4n) is 3.44. The number of nitrogens with zero attached hydrogens (tertiary/aromatic N) is 1. The molecule has 0 aliphatic carbocycles. The molecular formula is C20H30N8O7. The minimum absolute atomic E-state index is 0.0904. The summed E-state index contributed by atoms with van der Waals surface area (Å²) in [5.74, 6) is -5.22. The van der Waals surface area contributed by atoms with Crippen LogP contribution in [-0.2, 0) is 28.8 Å². The van der Waals surface area contributed by atoms with Gasteiger partial charge in [-0.25, -0.2) is 0 Å². The van der Waals surface area contributed by atoms with E-state index >= 15 is 0 Å². The zero-order valence-corrected chi connectivity index (χ0v) is 18.9. The molecule has 0 aromatic heterocycles. The Morgan fingerprint density at radius 3 is 2.09 bits per heavy atom. The van der Waals surface area contributed by atoms with Gasteiger partial charge in [0.2, 0.25) is 29.5 Å². The van der Waals surface area contributed by atoms with Crippen molar-refractivity contribution in [2.45, 2.75) is 56.3 Å². The van der Waals surface area contributed by atoms with Gasteiger partial charge in [0.1, 0.15) is 24.2 Å². The number of carbonyl (C=O) groups excluding carboxylic acids is 5. The highest BCUT2D eigenvalue weighted by Gasteiger charge is 2.32. The summed E-state index contributed by atoms with van der Waals surface area (Å²) in [6.07, 6.45) is 3.18. The number of guanidine groups is 1. The molecule has 4 atom stereocenters. The average Bonchev–Trinajstić information content (AvgIpc) is 2.77. The minimum atomic E-state index is -1.49. The topological polar surface area (TPSA) is 247 Å². The van der Waals surface area contributed by atoms with E-state index in [0.29, 0.717) is 6.42 Å². The van der Waals surface area contributed by atoms with E-state index < -0.39 is 72.6 Å². The van der Waals surface area contributed by atoms with Gasteiger partial charge in [-0.2, -0.15) is 0 Å². The third-order valence-corrected chi connectivity index (χ3v) is 5.21. The number of amides is 5. The molecule has 10 N–H and O–H groups in total. The Hall–Kier alpha value is -4.17. The van der Waals surface area contributed by atoms with Crippen molar-refractivity contribution < 1.29 is 33.9 Å². The van der Waals surface area contributed by atoms with Crippen LogP contribution < -0.4 is 38.1 Å². The second kappa shape index (κ2) is 12.9. The van der Waals surface area contributed by atoms with Crippen LogP contribution in [0.3, 0.4) is 0 Å². The second-order valence-corrected chi connectivity index (χ2v) is 8.01. The summed E-state index contributed by atoms with van der Waals surface area (Å²) in [4.78, 5) is 78.3. The Kier molecular flexibility index (Phi) is 9.98. The maximum absolute atomic E-state index is 12.9. The monoisotopic (exact) mass is 494 g/mol. The fourth-order valence-corrected chi connectivity index (χ4v) is 3.44. The number of carboxylic acids is 1. The van der Waals surface area contributed by atoms with Gasteiger partial charge in [0.25, 0.3) is 0 Å². The highest BCUT2D eigenvalue weighted by atomic mass is 16.4. The van der Waals surface area contributed by atoms with Gasteiger partial charge in [-0.1, -0.05) is 12.2 Å². The average molecular weight is 495 g/mol. The number of carbonyl (C=O) groups is 6. The van der Waals surface area contributed by atoms with Crippen molar-refractivity contribution in [1.29, 1.82) is 0 Å². The smallest absolute Gasteiger partial charge is 0.305 e. The molecule has 1 fully saturated rings. The Morgan fingerprint density at radius 1 is 0.886 bits per heavy atom. The summed E-state index contributed by atoms with van der Waals surface area (Å²) in [7, 11) is 0. The van der Waals surface area contributed by atoms with Gasteiger partial charge in [0.15, 0.2) is 5.96 Å². The van der Waals surface area contributed by atoms with Gasteiger partial charge in [-0.3, -0.25) is 33.8 Å². The lowest BCUT2D eigenvalue weighted by Crippen LogP contribution is -2.58. The molecule has 0 aromatic rings. The standard InChI is InChI=1S/C20H30N8O7/c21-20(22)23-7-3-6-10-16(32)24-9-14(29)25-13(8-15(30)31)19(35)28-12-5-2-1-4-11(17(33)26-10)27-18(12)34/h1-2,10-13H,3-9H2,(H,24,32)(H,25,29)(H,26,33)(H,27,34)(H,28,35)(H,30,31)(H4,21,22,23)/b2-1-/t10-,11+,12-,13-/m0/s1. The summed E-state index contributed by atoms with van der Waals surface area (Å²) >= 11 is 0. The first-order valence-corrected chi connectivity index (χ1v) is 11.0. The van der Waals surface area contributed by atoms with Crippen molar-refractivity contribution in [3.63, 3.8) is 0 Å². The number of nitrogens with two attached hydrogens (primary N) is 2. The molecular weight excluding hydrogens is 464 g/mol. The molecule has 0 spiro atoms. The normalized spacial score (nSPS) is 26.8. The molecule has 2 rings (SSSR count). The third-order valence-electron chi connectivity index (χ3n) is 5.21. The van der Waals surface area contributed by atoms with Crippen LogP contribution in [-0.4, -0.2) is 83.8 Å². The van der Waals surface area contributed by atoms with Crippen LogP contribution >= 0.6 is 0 Å². The van der Waals surface area contributed by atoms with Crippen LogP contribution in [0.1, 0.15) is 32.1 Å². The van der Waals surface area contributed by atoms with E-state index in [1.54, 1.807) is 12.2 Å². The molecule has 0 radical (unpaired) electrons. The number of carboxylic acid groups (broad SMARTS) is 1. The number of aliphatic imine (C=N–C) groups is 1. The van der Waals surface area contributed by atoms with E-state index in [-0.39, 0.29) is 31.8 Å². The zero-order chi connectivity index (χ0) is 26.0. The number of fused-ring (bicyclic) bond motifs is 3. The van der Waals surface area contributed by atoms with Crippen LogP contribution in [0, 0.1) is 0 Å². The van der Waals surface area contributed by atoms with Crippen molar-refractivity contribution >= 4 is 41.5 Å². The first-order chi connectivity index (χ1) is 16.6. The van der Waals surface area contributed by atoms with Crippen LogP contribution in [0.4, 0.5) is 0 Å². The van der Waals surface area contributed by atoms with Crippen molar-refractivity contribution in [2.75, 3.05) is 13.1 Å². The van der Waals surface area contributed by atoms with E-state index in [2.05, 4.69) is 31.6 Å². The van der Waals surface area contributed by atoms with Gasteiger partial charge in [-0.05, 0) is 25.7 Å². The van der Waals surface area contributed by atoms with E-state index in [4.69, 9.17) is 16.6 Å². The molecule has 2 aliphatic rings. The fraction of sp³-hybridized carbons (Fsp3) is 0.550. The number of hydrogen-bond donors (Lipinski definition) is 8. The predicted molar refractivity (Wildman–Crippen MR) is 121 cm³/mol. The maximum atomic E-state index is 12.9. The van der Waals surface area contributed by atoms with E-state index in [1.165, 1.54) is 0 Å². The molecule has 0 aromatic carbocycles. The van der Waals surface area contributed by atoms with Gasteiger partial charge >= 0.3 is 5.97 Å². The molecule has 35 heavy (non-hydrogen) atoms. The maximum Gasteiger partial charge on any atom is 0.305 e. The molecule has 2 heterocycles. The number of hydrogen-bond acceptors (Lipinski definition) is 7. The molecule has 2 bridgehead atoms. The SMILES string of the molecule is NC(N)=NCCC[C@@H]1NC(=O)[C@H]2C/C=C\C[C@H](NC(=O)[C@H](CC(=O)O)NC(=O)CNC1=O)C(=O)N2. The lowest BCUT2D eigenvalue weighted by atomic mass is 10.0. The zero-order valence-electron chi connectivity index (χ0n) is 18.9. The van der Waals surface area contributed by atoms with Gasteiger partial charge in [0, 0.05) is 6.54 Å². The minimum Gasteiger partial charge on any atom is -0.481 e. The molecule has 5 amide bonds. The summed E-state index contributed by atoms with van der Waals surface area (Å²) in [5.41, 5.74) is 10.6. The number of nitrogens with one attached hydrogen (secondary N) is 5. The lowest BCUT2D eigenvalue weighted by molar-refractivity contribution is -0.141. The predicted octanol–water partition coefficient (Wildman–Crippen LogP) is -4.07. The quantitative estimate of drug-likeness (QED) is 0.0773. The largest absolute Gasteiger partial charge is 0.481 e. The summed E-state index contributed by atoms with van der Waals surface area (Å²) in [6, 6.07) is -4.71. The van der Waals surface area contributed by atoms with Crippen molar-refractivity contribution in [2.24, 2.45) is 16.5 Å². The van der Waals surface area contributed by atoms with Crippen LogP contribution in [0.25, 0.3) is 0 Å². The van der Waals surface area contributed by atoms with Crippen LogP contribution in [0.2, 0.25) is 0 Å². The third kappa shape index (κ3) is 8.94. The summed E-state index contributed by atoms with van der Waals surface area (Å²) in [5, 5.41) is 21.2. The Balaban J connectivity index is 2.30. The first-order valence-electron chi connectivity index (χ1n) is 11.0. The molecule has 0 saturated carbocycles. The molecule has 15 heteroatoms. The summed E-state index contributed by atoms with van der Waals surface area (Å²) < 4.78 is 0. The van der Waals surface area contributed by atoms with E-state index in [0.717, 1.165) is 0 Å². The van der Waals surface area contributed by atoms with Crippen molar-refractivity contribution in [3.8, 4) is 0 Å². The lowest BCUT2D eigenvalue weighted by Gasteiger charge is -2.26. The van der Waals surface area contributed by atoms with Gasteiger partial charge < -0.3 is 43.2 Å². The first kappa shape index (κ1) is 27.1. The highest BCUT2D eigenvalue weighted by Crippen LogP contribution is 2.08. The molecule has 15 nitrogen and oxygen atoms in total. The van der Waals surface area contributed by atoms with E-state index in [1.807, 2.05) is 0 Å². The highest BCUT2D eigenvalue weighted by molar-refractivity contribution is 5.98. The molecule has 192 valence electrons. The number of aliphatic carboxylic acids is 1.